The Morgan fingerprint density at radius 3 is 2.62 bits per heavy atom. The van der Waals surface area contributed by atoms with Crippen molar-refractivity contribution in [1.82, 2.24) is 9.55 Å². The Balaban J connectivity index is 1.41. The summed E-state index contributed by atoms with van der Waals surface area (Å²) < 4.78 is 13.4. The van der Waals surface area contributed by atoms with Crippen LogP contribution >= 0.6 is 11.3 Å². The lowest BCUT2D eigenvalue weighted by molar-refractivity contribution is -0.155. The Kier molecular flexibility index (Phi) is 6.33. The third kappa shape index (κ3) is 5.37. The Morgan fingerprint density at radius 2 is 1.88 bits per heavy atom. The van der Waals surface area contributed by atoms with Crippen molar-refractivity contribution in [2.45, 2.75) is 46.3 Å². The minimum Gasteiger partial charge on any atom is -0.493 e. The van der Waals surface area contributed by atoms with Crippen LogP contribution in [0.5, 0.6) is 5.75 Å². The van der Waals surface area contributed by atoms with E-state index in [0.29, 0.717) is 6.61 Å². The molecule has 4 rings (SSSR count). The van der Waals surface area contributed by atoms with Gasteiger partial charge in [0.2, 0.25) is 0 Å². The van der Waals surface area contributed by atoms with E-state index >= 15 is 0 Å². The molecule has 0 spiro atoms. The Hall–Kier alpha value is -3.12. The van der Waals surface area contributed by atoms with Crippen molar-refractivity contribution in [3.05, 3.63) is 71.4 Å². The highest BCUT2D eigenvalue weighted by Gasteiger charge is 2.17. The fraction of sp³-hybridized carbons (Fsp3) is 0.308. The molecule has 0 atom stereocenters. The fourth-order valence-electron chi connectivity index (χ4n) is 3.53. The molecule has 0 radical (unpaired) electrons. The van der Waals surface area contributed by atoms with Crippen molar-refractivity contribution in [3.8, 4) is 16.3 Å². The van der Waals surface area contributed by atoms with Crippen LogP contribution in [0.15, 0.2) is 60.8 Å². The van der Waals surface area contributed by atoms with Crippen LogP contribution in [0.25, 0.3) is 21.5 Å². The number of carbonyl (C=O) groups is 1. The van der Waals surface area contributed by atoms with Crippen LogP contribution in [-0.2, 0) is 22.5 Å². The second-order valence-electron chi connectivity index (χ2n) is 8.74. The molecule has 0 aliphatic carbocycles. The summed E-state index contributed by atoms with van der Waals surface area (Å²) in [6.07, 6.45) is 2.65. The summed E-state index contributed by atoms with van der Waals surface area (Å²) >= 11 is 1.71. The maximum Gasteiger partial charge on any atom is 0.326 e. The first-order chi connectivity index (χ1) is 15.3. The van der Waals surface area contributed by atoms with E-state index in [-0.39, 0.29) is 12.5 Å². The molecule has 0 saturated heterocycles. The average Bonchev–Trinajstić information content (AvgIpc) is 3.31. The zero-order valence-electron chi connectivity index (χ0n) is 18.9. The summed E-state index contributed by atoms with van der Waals surface area (Å²) in [6, 6.07) is 18.2. The van der Waals surface area contributed by atoms with Gasteiger partial charge >= 0.3 is 5.97 Å². The van der Waals surface area contributed by atoms with Gasteiger partial charge in [-0.25, -0.2) is 4.98 Å². The van der Waals surface area contributed by atoms with Crippen LogP contribution in [0.4, 0.5) is 0 Å². The van der Waals surface area contributed by atoms with Crippen molar-refractivity contribution < 1.29 is 14.3 Å². The van der Waals surface area contributed by atoms with Gasteiger partial charge in [0.25, 0.3) is 0 Å². The van der Waals surface area contributed by atoms with Crippen molar-refractivity contribution >= 4 is 28.2 Å². The lowest BCUT2D eigenvalue weighted by atomic mass is 10.2. The molecule has 5 nitrogen and oxygen atoms in total. The molecule has 2 aromatic heterocycles. The third-order valence-electron chi connectivity index (χ3n) is 4.99. The number of rotatable bonds is 7. The molecule has 2 aromatic carbocycles. The van der Waals surface area contributed by atoms with E-state index in [2.05, 4.69) is 19.1 Å². The Labute approximate surface area is 192 Å². The summed E-state index contributed by atoms with van der Waals surface area (Å²) in [7, 11) is 0. The maximum atomic E-state index is 12.2. The van der Waals surface area contributed by atoms with E-state index in [1.54, 1.807) is 11.3 Å². The van der Waals surface area contributed by atoms with E-state index in [9.17, 15) is 4.79 Å². The van der Waals surface area contributed by atoms with E-state index in [1.807, 2.05) is 74.0 Å². The number of aryl methyl sites for hydroxylation is 1. The number of benzene rings is 2. The van der Waals surface area contributed by atoms with Crippen molar-refractivity contribution in [2.75, 3.05) is 6.61 Å². The van der Waals surface area contributed by atoms with Crippen molar-refractivity contribution in [3.63, 3.8) is 0 Å². The van der Waals surface area contributed by atoms with Gasteiger partial charge < -0.3 is 14.0 Å². The minimum absolute atomic E-state index is 0.171. The zero-order chi connectivity index (χ0) is 22.7. The normalized spacial score (nSPS) is 11.6. The first-order valence-corrected chi connectivity index (χ1v) is 11.6. The van der Waals surface area contributed by atoms with Crippen LogP contribution in [0, 0.1) is 6.92 Å². The molecule has 0 amide bonds. The molecule has 0 fully saturated rings. The van der Waals surface area contributed by atoms with Gasteiger partial charge in [0.1, 0.15) is 22.9 Å². The number of thiazole rings is 1. The maximum absolute atomic E-state index is 12.2. The monoisotopic (exact) mass is 448 g/mol. The molecule has 0 bridgehead atoms. The van der Waals surface area contributed by atoms with Crippen LogP contribution in [0.1, 0.15) is 31.3 Å². The number of carbonyl (C=O) groups excluding carboxylic acids is 1. The highest BCUT2D eigenvalue weighted by atomic mass is 32.1. The number of hydrogen-bond acceptors (Lipinski definition) is 5. The number of fused-ring (bicyclic) bond motifs is 1. The largest absolute Gasteiger partial charge is 0.493 e. The zero-order valence-corrected chi connectivity index (χ0v) is 19.7. The molecule has 0 saturated carbocycles. The van der Waals surface area contributed by atoms with E-state index < -0.39 is 5.60 Å². The van der Waals surface area contributed by atoms with Gasteiger partial charge in [0, 0.05) is 29.1 Å². The van der Waals surface area contributed by atoms with E-state index in [0.717, 1.165) is 39.3 Å². The molecular formula is C26H28N2O3S. The van der Waals surface area contributed by atoms with Crippen molar-refractivity contribution in [1.29, 1.82) is 0 Å². The lowest BCUT2D eigenvalue weighted by Gasteiger charge is -2.19. The summed E-state index contributed by atoms with van der Waals surface area (Å²) in [4.78, 5) is 18.3. The first kappa shape index (κ1) is 22.1. The van der Waals surface area contributed by atoms with Gasteiger partial charge in [0.05, 0.1) is 17.8 Å². The minimum atomic E-state index is -0.498. The Bertz CT molecular complexity index is 1220. The molecular weight excluding hydrogens is 420 g/mol. The molecule has 2 heterocycles. The standard InChI is InChI=1S/C26H28N2O3S/c1-18-22(27-25(32-18)20-8-6-5-7-9-20)13-15-30-21-11-10-19-12-14-28(23(19)16-21)17-24(29)31-26(2,3)4/h5-12,14,16H,13,15,17H2,1-4H3. The SMILES string of the molecule is Cc1sc(-c2ccccc2)nc1CCOc1ccc2ccn(CC(=O)OC(C)(C)C)c2c1. The van der Waals surface area contributed by atoms with E-state index in [1.165, 1.54) is 4.88 Å². The topological polar surface area (TPSA) is 53.4 Å². The molecule has 4 aromatic rings. The second-order valence-corrected chi connectivity index (χ2v) is 9.94. The molecule has 0 unspecified atom stereocenters. The summed E-state index contributed by atoms with van der Waals surface area (Å²) in [5.41, 5.74) is 2.67. The van der Waals surface area contributed by atoms with E-state index in [4.69, 9.17) is 14.5 Å². The lowest BCUT2D eigenvalue weighted by Crippen LogP contribution is -2.26. The summed E-state index contributed by atoms with van der Waals surface area (Å²) in [5, 5.41) is 2.10. The third-order valence-corrected chi connectivity index (χ3v) is 6.05. The number of aromatic nitrogens is 2. The number of ether oxygens (including phenoxy) is 2. The van der Waals surface area contributed by atoms with Crippen LogP contribution in [-0.4, -0.2) is 27.7 Å². The van der Waals surface area contributed by atoms with Crippen LogP contribution in [0.3, 0.4) is 0 Å². The predicted molar refractivity (Wildman–Crippen MR) is 129 cm³/mol. The van der Waals surface area contributed by atoms with Crippen LogP contribution in [0.2, 0.25) is 0 Å². The van der Waals surface area contributed by atoms with Gasteiger partial charge in [-0.1, -0.05) is 30.3 Å². The number of hydrogen-bond donors (Lipinski definition) is 0. The van der Waals surface area contributed by atoms with Gasteiger partial charge in [-0.15, -0.1) is 11.3 Å². The molecule has 0 N–H and O–H groups in total. The average molecular weight is 449 g/mol. The van der Waals surface area contributed by atoms with Gasteiger partial charge in [-0.2, -0.15) is 0 Å². The number of nitrogens with zero attached hydrogens (tertiary/aromatic N) is 2. The molecule has 0 aliphatic heterocycles. The Morgan fingerprint density at radius 1 is 1.09 bits per heavy atom. The highest BCUT2D eigenvalue weighted by Crippen LogP contribution is 2.28. The molecule has 6 heteroatoms. The van der Waals surface area contributed by atoms with Crippen molar-refractivity contribution in [2.24, 2.45) is 0 Å². The highest BCUT2D eigenvalue weighted by molar-refractivity contribution is 7.15. The molecule has 166 valence electrons. The number of esters is 1. The van der Waals surface area contributed by atoms with Gasteiger partial charge in [-0.3, -0.25) is 4.79 Å². The van der Waals surface area contributed by atoms with Gasteiger partial charge in [0.15, 0.2) is 0 Å². The summed E-state index contributed by atoms with van der Waals surface area (Å²) in [6.45, 7) is 8.43. The predicted octanol–water partition coefficient (Wildman–Crippen LogP) is 6.04. The quantitative estimate of drug-likeness (QED) is 0.324. The smallest absolute Gasteiger partial charge is 0.326 e. The summed E-state index contributed by atoms with van der Waals surface area (Å²) in [5.74, 6) is 0.521. The molecule has 32 heavy (non-hydrogen) atoms. The molecule has 0 aliphatic rings. The second kappa shape index (κ2) is 9.17. The fourth-order valence-corrected chi connectivity index (χ4v) is 4.50. The van der Waals surface area contributed by atoms with Crippen LogP contribution < -0.4 is 4.74 Å². The van der Waals surface area contributed by atoms with Gasteiger partial charge in [-0.05, 0) is 51.3 Å². The first-order valence-electron chi connectivity index (χ1n) is 10.7.